The Morgan fingerprint density at radius 2 is 1.88 bits per heavy atom. The highest BCUT2D eigenvalue weighted by Gasteiger charge is 2.22. The number of para-hydroxylation sites is 1. The Morgan fingerprint density at radius 1 is 1.12 bits per heavy atom. The van der Waals surface area contributed by atoms with Crippen molar-refractivity contribution >= 4 is 23.1 Å². The van der Waals surface area contributed by atoms with Crippen molar-refractivity contribution in [2.75, 3.05) is 14.2 Å². The second-order valence-corrected chi connectivity index (χ2v) is 8.38. The number of esters is 1. The van der Waals surface area contributed by atoms with Crippen LogP contribution in [0.15, 0.2) is 52.4 Å². The SMILES string of the molecule is COC(=O)[C@@H](C)Oc1ccc(C=Nn2c(C3CCCCC3)nc3ccccc3c2=O)cc1OC. The summed E-state index contributed by atoms with van der Waals surface area (Å²) in [6, 6.07) is 12.6. The third kappa shape index (κ3) is 4.95. The van der Waals surface area contributed by atoms with Crippen LogP contribution in [0.1, 0.15) is 56.3 Å². The molecule has 1 aromatic heterocycles. The van der Waals surface area contributed by atoms with Crippen molar-refractivity contribution in [3.8, 4) is 11.5 Å². The molecule has 1 saturated carbocycles. The second-order valence-electron chi connectivity index (χ2n) is 8.38. The smallest absolute Gasteiger partial charge is 0.346 e. The molecule has 0 saturated heterocycles. The summed E-state index contributed by atoms with van der Waals surface area (Å²) in [4.78, 5) is 29.8. The normalized spacial score (nSPS) is 15.4. The third-order valence-corrected chi connectivity index (χ3v) is 6.10. The molecule has 1 aliphatic rings. The molecule has 8 nitrogen and oxygen atoms in total. The molecule has 1 heterocycles. The fourth-order valence-corrected chi connectivity index (χ4v) is 4.27. The van der Waals surface area contributed by atoms with Crippen LogP contribution >= 0.6 is 0 Å². The summed E-state index contributed by atoms with van der Waals surface area (Å²) in [7, 11) is 2.83. The van der Waals surface area contributed by atoms with E-state index >= 15 is 0 Å². The van der Waals surface area contributed by atoms with Crippen LogP contribution in [-0.4, -0.2) is 42.2 Å². The predicted molar refractivity (Wildman–Crippen MR) is 130 cm³/mol. The molecule has 1 aliphatic carbocycles. The summed E-state index contributed by atoms with van der Waals surface area (Å²) in [6.45, 7) is 1.60. The number of aromatic nitrogens is 2. The van der Waals surface area contributed by atoms with E-state index in [9.17, 15) is 9.59 Å². The zero-order valence-electron chi connectivity index (χ0n) is 19.7. The van der Waals surface area contributed by atoms with Gasteiger partial charge in [0, 0.05) is 5.92 Å². The van der Waals surface area contributed by atoms with Gasteiger partial charge >= 0.3 is 5.97 Å². The molecule has 0 radical (unpaired) electrons. The Balaban J connectivity index is 1.69. The van der Waals surface area contributed by atoms with Crippen LogP contribution in [0, 0.1) is 0 Å². The van der Waals surface area contributed by atoms with Crippen LogP contribution in [0.25, 0.3) is 10.9 Å². The number of hydrogen-bond acceptors (Lipinski definition) is 7. The third-order valence-electron chi connectivity index (χ3n) is 6.10. The Labute approximate surface area is 198 Å². The summed E-state index contributed by atoms with van der Waals surface area (Å²) >= 11 is 0. The van der Waals surface area contributed by atoms with Gasteiger partial charge in [0.05, 0.1) is 31.3 Å². The first-order valence-electron chi connectivity index (χ1n) is 11.5. The highest BCUT2D eigenvalue weighted by Crippen LogP contribution is 2.32. The molecule has 0 bridgehead atoms. The molecule has 178 valence electrons. The predicted octanol–water partition coefficient (Wildman–Crippen LogP) is 4.28. The van der Waals surface area contributed by atoms with Gasteiger partial charge < -0.3 is 14.2 Å². The molecule has 1 atom stereocenters. The van der Waals surface area contributed by atoms with Gasteiger partial charge in [-0.05, 0) is 55.7 Å². The van der Waals surface area contributed by atoms with Crippen LogP contribution in [0.3, 0.4) is 0 Å². The van der Waals surface area contributed by atoms with E-state index in [1.165, 1.54) is 25.3 Å². The van der Waals surface area contributed by atoms with Gasteiger partial charge in [0.15, 0.2) is 17.6 Å². The number of nitrogens with zero attached hydrogens (tertiary/aromatic N) is 3. The molecule has 3 aromatic rings. The van der Waals surface area contributed by atoms with Crippen LogP contribution in [0.4, 0.5) is 0 Å². The molecule has 1 fully saturated rings. The van der Waals surface area contributed by atoms with Gasteiger partial charge in [-0.15, -0.1) is 0 Å². The Morgan fingerprint density at radius 3 is 2.62 bits per heavy atom. The standard InChI is InChI=1S/C26H29N3O5/c1-17(26(31)33-3)34-22-14-13-18(15-23(22)32-2)16-27-29-24(19-9-5-4-6-10-19)28-21-12-8-7-11-20(21)25(29)30/h7-8,11-17,19H,4-6,9-10H2,1-3H3/t17-/m1/s1. The molecule has 2 aromatic carbocycles. The van der Waals surface area contributed by atoms with Gasteiger partial charge in [-0.1, -0.05) is 31.4 Å². The maximum Gasteiger partial charge on any atom is 0.346 e. The quantitative estimate of drug-likeness (QED) is 0.384. The maximum atomic E-state index is 13.3. The van der Waals surface area contributed by atoms with Gasteiger partial charge in [-0.2, -0.15) is 9.78 Å². The summed E-state index contributed by atoms with van der Waals surface area (Å²) in [6.07, 6.45) is 6.29. The molecule has 0 aliphatic heterocycles. The van der Waals surface area contributed by atoms with E-state index in [2.05, 4.69) is 5.10 Å². The van der Waals surface area contributed by atoms with Gasteiger partial charge in [-0.3, -0.25) is 4.79 Å². The largest absolute Gasteiger partial charge is 0.493 e. The van der Waals surface area contributed by atoms with E-state index in [-0.39, 0.29) is 11.5 Å². The van der Waals surface area contributed by atoms with Gasteiger partial charge in [-0.25, -0.2) is 9.78 Å². The minimum absolute atomic E-state index is 0.179. The number of ether oxygens (including phenoxy) is 3. The zero-order chi connectivity index (χ0) is 24.1. The van der Waals surface area contributed by atoms with Crippen molar-refractivity contribution in [3.05, 3.63) is 64.2 Å². The van der Waals surface area contributed by atoms with E-state index in [0.29, 0.717) is 33.8 Å². The minimum atomic E-state index is -0.779. The molecule has 4 rings (SSSR count). The molecular weight excluding hydrogens is 434 g/mol. The lowest BCUT2D eigenvalue weighted by Crippen LogP contribution is -2.25. The highest BCUT2D eigenvalue weighted by molar-refractivity contribution is 5.82. The average Bonchev–Trinajstić information content (AvgIpc) is 2.88. The van der Waals surface area contributed by atoms with Gasteiger partial charge in [0.25, 0.3) is 5.56 Å². The van der Waals surface area contributed by atoms with E-state index in [1.54, 1.807) is 37.4 Å². The topological polar surface area (TPSA) is 92.0 Å². The average molecular weight is 464 g/mol. The number of carbonyl (C=O) groups is 1. The molecule has 34 heavy (non-hydrogen) atoms. The number of fused-ring (bicyclic) bond motifs is 1. The second kappa shape index (κ2) is 10.5. The first kappa shape index (κ1) is 23.5. The van der Waals surface area contributed by atoms with E-state index in [1.807, 2.05) is 18.2 Å². The van der Waals surface area contributed by atoms with Gasteiger partial charge in [0.1, 0.15) is 5.82 Å². The van der Waals surface area contributed by atoms with Crippen molar-refractivity contribution in [1.82, 2.24) is 9.66 Å². The van der Waals surface area contributed by atoms with Gasteiger partial charge in [0.2, 0.25) is 0 Å². The maximum absolute atomic E-state index is 13.3. The summed E-state index contributed by atoms with van der Waals surface area (Å²) in [5, 5.41) is 5.09. The molecule has 0 amide bonds. The summed E-state index contributed by atoms with van der Waals surface area (Å²) in [5.74, 6) is 1.28. The molecular formula is C26H29N3O5. The number of methoxy groups -OCH3 is 2. The lowest BCUT2D eigenvalue weighted by Gasteiger charge is -2.22. The first-order valence-corrected chi connectivity index (χ1v) is 11.5. The van der Waals surface area contributed by atoms with Crippen molar-refractivity contribution in [1.29, 1.82) is 0 Å². The van der Waals surface area contributed by atoms with E-state index < -0.39 is 12.1 Å². The van der Waals surface area contributed by atoms with E-state index in [4.69, 9.17) is 19.2 Å². The van der Waals surface area contributed by atoms with Crippen LogP contribution in [-0.2, 0) is 9.53 Å². The van der Waals surface area contributed by atoms with Crippen molar-refractivity contribution < 1.29 is 19.0 Å². The summed E-state index contributed by atoms with van der Waals surface area (Å²) in [5.41, 5.74) is 1.23. The summed E-state index contributed by atoms with van der Waals surface area (Å²) < 4.78 is 17.2. The monoisotopic (exact) mass is 463 g/mol. The van der Waals surface area contributed by atoms with Crippen molar-refractivity contribution in [2.45, 2.75) is 51.0 Å². The lowest BCUT2D eigenvalue weighted by molar-refractivity contribution is -0.147. The fourth-order valence-electron chi connectivity index (χ4n) is 4.27. The van der Waals surface area contributed by atoms with E-state index in [0.717, 1.165) is 25.7 Å². The molecule has 0 unspecified atom stereocenters. The van der Waals surface area contributed by atoms with Crippen LogP contribution < -0.4 is 15.0 Å². The molecule has 0 N–H and O–H groups in total. The van der Waals surface area contributed by atoms with Crippen LogP contribution in [0.5, 0.6) is 11.5 Å². The number of benzene rings is 2. The lowest BCUT2D eigenvalue weighted by atomic mass is 9.88. The molecule has 0 spiro atoms. The Hall–Kier alpha value is -3.68. The van der Waals surface area contributed by atoms with Crippen molar-refractivity contribution in [3.63, 3.8) is 0 Å². The zero-order valence-corrected chi connectivity index (χ0v) is 19.7. The molecule has 8 heteroatoms. The fraction of sp³-hybridized carbons (Fsp3) is 0.385. The van der Waals surface area contributed by atoms with Crippen molar-refractivity contribution in [2.24, 2.45) is 5.10 Å². The van der Waals surface area contributed by atoms with Crippen LogP contribution in [0.2, 0.25) is 0 Å². The Bertz CT molecular complexity index is 1260. The number of hydrogen-bond donors (Lipinski definition) is 0. The highest BCUT2D eigenvalue weighted by atomic mass is 16.6. The minimum Gasteiger partial charge on any atom is -0.493 e. The first-order chi connectivity index (χ1) is 16.5. The number of rotatable bonds is 7. The number of carbonyl (C=O) groups excluding carboxylic acids is 1. The Kier molecular flexibility index (Phi) is 7.25.